The zero-order valence-corrected chi connectivity index (χ0v) is 21.2. The number of ether oxygens (including phenoxy) is 1. The summed E-state index contributed by atoms with van der Waals surface area (Å²) in [6.45, 7) is 11.9. The monoisotopic (exact) mass is 486 g/mol. The predicted molar refractivity (Wildman–Crippen MR) is 133 cm³/mol. The summed E-state index contributed by atoms with van der Waals surface area (Å²) in [5.41, 5.74) is 2.76. The van der Waals surface area contributed by atoms with Gasteiger partial charge in [-0.1, -0.05) is 18.2 Å². The van der Waals surface area contributed by atoms with E-state index in [-0.39, 0.29) is 37.5 Å². The van der Waals surface area contributed by atoms with Crippen LogP contribution < -0.4 is 4.90 Å². The Hall–Kier alpha value is -2.32. The summed E-state index contributed by atoms with van der Waals surface area (Å²) in [4.78, 5) is 44.4. The number of thioether (sulfide) groups is 1. The molecule has 0 radical (unpaired) electrons. The van der Waals surface area contributed by atoms with E-state index in [1.807, 2.05) is 39.0 Å². The number of fused-ring (bicyclic) bond motifs is 1. The van der Waals surface area contributed by atoms with Gasteiger partial charge >= 0.3 is 5.97 Å². The largest absolute Gasteiger partial charge is 0.466 e. The number of β-amino-alcohol motifs (C(OH)–C–C–N with tert-alkyl or cyclic N) is 1. The van der Waals surface area contributed by atoms with Crippen LogP contribution in [0, 0.1) is 25.7 Å². The third kappa shape index (κ3) is 3.57. The maximum atomic E-state index is 14.3. The molecule has 184 valence electrons. The van der Waals surface area contributed by atoms with E-state index in [0.717, 1.165) is 23.2 Å². The highest BCUT2D eigenvalue weighted by molar-refractivity contribution is 8.02. The Morgan fingerprint density at radius 1 is 1.35 bits per heavy atom. The van der Waals surface area contributed by atoms with Gasteiger partial charge in [0.05, 0.1) is 29.8 Å². The van der Waals surface area contributed by atoms with E-state index >= 15 is 0 Å². The highest BCUT2D eigenvalue weighted by atomic mass is 32.2. The standard InChI is InChI=1S/C26H34N2O5S/c1-6-12-27(18-15-16(3)8-9-17(18)4)23(31)21-26-11-10-25(5,34-26)20(24(32)33-7-2)19(26)22(30)28(21)13-14-29/h6,8-9,15,19-21,29H,1,7,10-14H2,2-5H3/t19-,20-,21?,25+,26?/m0/s1. The first-order valence-electron chi connectivity index (χ1n) is 11.9. The molecule has 3 heterocycles. The van der Waals surface area contributed by atoms with Gasteiger partial charge in [-0.3, -0.25) is 14.4 Å². The van der Waals surface area contributed by atoms with E-state index in [9.17, 15) is 19.5 Å². The van der Waals surface area contributed by atoms with E-state index in [1.165, 1.54) is 4.90 Å². The van der Waals surface area contributed by atoms with E-state index in [2.05, 4.69) is 6.58 Å². The Morgan fingerprint density at radius 2 is 2.09 bits per heavy atom. The number of carbonyl (C=O) groups excluding carboxylic acids is 3. The number of nitrogens with zero attached hydrogens (tertiary/aromatic N) is 2. The highest BCUT2D eigenvalue weighted by Crippen LogP contribution is 2.71. The molecule has 34 heavy (non-hydrogen) atoms. The van der Waals surface area contributed by atoms with Crippen LogP contribution in [0.1, 0.15) is 37.8 Å². The molecule has 1 aromatic rings. The van der Waals surface area contributed by atoms with E-state index in [1.54, 1.807) is 29.7 Å². The number of hydrogen-bond donors (Lipinski definition) is 1. The molecule has 2 amide bonds. The number of aliphatic hydroxyl groups is 1. The van der Waals surface area contributed by atoms with Crippen LogP contribution in [0.5, 0.6) is 0 Å². The summed E-state index contributed by atoms with van der Waals surface area (Å²) < 4.78 is 4.20. The van der Waals surface area contributed by atoms with Crippen molar-refractivity contribution in [1.29, 1.82) is 0 Å². The molecule has 1 spiro atoms. The average Bonchev–Trinajstić information content (AvgIpc) is 3.35. The normalized spacial score (nSPS) is 31.5. The van der Waals surface area contributed by atoms with Crippen LogP contribution in [-0.2, 0) is 19.1 Å². The first kappa shape index (κ1) is 24.8. The summed E-state index contributed by atoms with van der Waals surface area (Å²) >= 11 is 1.60. The molecule has 1 N–H and O–H groups in total. The van der Waals surface area contributed by atoms with Crippen LogP contribution in [0.25, 0.3) is 0 Å². The minimum atomic E-state index is -0.775. The van der Waals surface area contributed by atoms with Gasteiger partial charge in [-0.05, 0) is 57.7 Å². The zero-order valence-electron chi connectivity index (χ0n) is 20.4. The summed E-state index contributed by atoms with van der Waals surface area (Å²) in [7, 11) is 0. The van der Waals surface area contributed by atoms with Gasteiger partial charge in [-0.2, -0.15) is 0 Å². The molecule has 0 saturated carbocycles. The fourth-order valence-electron chi connectivity index (χ4n) is 6.24. The van der Waals surface area contributed by atoms with Crippen molar-refractivity contribution in [3.63, 3.8) is 0 Å². The highest BCUT2D eigenvalue weighted by Gasteiger charge is 2.77. The van der Waals surface area contributed by atoms with Gasteiger partial charge in [0.15, 0.2) is 0 Å². The van der Waals surface area contributed by atoms with Crippen molar-refractivity contribution < 1.29 is 24.2 Å². The molecular weight excluding hydrogens is 452 g/mol. The Labute approximate surface area is 205 Å². The van der Waals surface area contributed by atoms with Crippen molar-refractivity contribution in [1.82, 2.24) is 4.90 Å². The number of aliphatic hydroxyl groups excluding tert-OH is 1. The third-order valence-corrected chi connectivity index (χ3v) is 9.61. The SMILES string of the molecule is C=CCN(C(=O)C1N(CCO)C(=O)[C@@H]2[C@@H](C(=O)OCC)[C@@]3(C)CCC12S3)c1cc(C)ccc1C. The van der Waals surface area contributed by atoms with Gasteiger partial charge in [0.2, 0.25) is 5.91 Å². The number of carbonyl (C=O) groups is 3. The summed E-state index contributed by atoms with van der Waals surface area (Å²) in [6.07, 6.45) is 3.07. The summed E-state index contributed by atoms with van der Waals surface area (Å²) in [5, 5.41) is 9.79. The van der Waals surface area contributed by atoms with Crippen molar-refractivity contribution in [2.45, 2.75) is 56.1 Å². The molecule has 5 atom stereocenters. The van der Waals surface area contributed by atoms with Gasteiger partial charge in [0.1, 0.15) is 6.04 Å². The second kappa shape index (κ2) is 9.04. The fourth-order valence-corrected chi connectivity index (χ4v) is 8.58. The molecule has 2 unspecified atom stereocenters. The Balaban J connectivity index is 1.82. The van der Waals surface area contributed by atoms with Crippen molar-refractivity contribution in [2.75, 3.05) is 31.2 Å². The molecule has 3 saturated heterocycles. The van der Waals surface area contributed by atoms with Gasteiger partial charge in [0, 0.05) is 23.5 Å². The summed E-state index contributed by atoms with van der Waals surface area (Å²) in [5.74, 6) is -2.04. The first-order chi connectivity index (χ1) is 16.1. The second-order valence-electron chi connectivity index (χ2n) is 9.76. The smallest absolute Gasteiger partial charge is 0.311 e. The lowest BCUT2D eigenvalue weighted by atomic mass is 9.66. The van der Waals surface area contributed by atoms with Gasteiger partial charge < -0.3 is 19.6 Å². The molecule has 4 rings (SSSR count). The third-order valence-electron chi connectivity index (χ3n) is 7.63. The number of rotatable bonds is 8. The molecule has 0 aromatic heterocycles. The van der Waals surface area contributed by atoms with Crippen molar-refractivity contribution in [2.24, 2.45) is 11.8 Å². The van der Waals surface area contributed by atoms with Gasteiger partial charge in [0.25, 0.3) is 5.91 Å². The van der Waals surface area contributed by atoms with E-state index in [4.69, 9.17) is 4.74 Å². The molecule has 0 aliphatic carbocycles. The first-order valence-corrected chi connectivity index (χ1v) is 12.7. The van der Waals surface area contributed by atoms with Gasteiger partial charge in [-0.15, -0.1) is 18.3 Å². The number of benzene rings is 1. The van der Waals surface area contributed by atoms with E-state index < -0.39 is 27.4 Å². The quantitative estimate of drug-likeness (QED) is 0.449. The maximum Gasteiger partial charge on any atom is 0.311 e. The van der Waals surface area contributed by atoms with Gasteiger partial charge in [-0.25, -0.2) is 0 Å². The van der Waals surface area contributed by atoms with Crippen LogP contribution in [0.4, 0.5) is 5.69 Å². The Morgan fingerprint density at radius 3 is 2.74 bits per heavy atom. The zero-order chi connectivity index (χ0) is 24.8. The Kier molecular flexibility index (Phi) is 6.59. The van der Waals surface area contributed by atoms with Crippen LogP contribution >= 0.6 is 11.8 Å². The van der Waals surface area contributed by atoms with Crippen LogP contribution in [-0.4, -0.2) is 69.6 Å². The fraction of sp³-hybridized carbons (Fsp3) is 0.577. The number of likely N-dealkylation sites (tertiary alicyclic amines) is 1. The minimum Gasteiger partial charge on any atom is -0.466 e. The number of amides is 2. The number of hydrogen-bond acceptors (Lipinski definition) is 6. The Bertz CT molecular complexity index is 1030. The predicted octanol–water partition coefficient (Wildman–Crippen LogP) is 2.86. The van der Waals surface area contributed by atoms with Crippen LogP contribution in [0.2, 0.25) is 0 Å². The summed E-state index contributed by atoms with van der Waals surface area (Å²) in [6, 6.07) is 5.18. The molecule has 1 aromatic carbocycles. The second-order valence-corrected chi connectivity index (χ2v) is 11.7. The molecular formula is C26H34N2O5S. The van der Waals surface area contributed by atoms with Crippen LogP contribution in [0.15, 0.2) is 30.9 Å². The minimum absolute atomic E-state index is 0.0506. The topological polar surface area (TPSA) is 87.2 Å². The molecule has 3 aliphatic rings. The number of anilines is 1. The van der Waals surface area contributed by atoms with Crippen molar-refractivity contribution in [3.05, 3.63) is 42.0 Å². The number of esters is 1. The van der Waals surface area contributed by atoms with Crippen LogP contribution in [0.3, 0.4) is 0 Å². The molecule has 3 aliphatic heterocycles. The average molecular weight is 487 g/mol. The molecule has 7 nitrogen and oxygen atoms in total. The number of aryl methyl sites for hydroxylation is 2. The van der Waals surface area contributed by atoms with Crippen molar-refractivity contribution >= 4 is 35.2 Å². The lowest BCUT2D eigenvalue weighted by Crippen LogP contribution is -2.55. The maximum absolute atomic E-state index is 14.3. The lowest BCUT2D eigenvalue weighted by molar-refractivity contribution is -0.155. The molecule has 8 heteroatoms. The van der Waals surface area contributed by atoms with E-state index in [0.29, 0.717) is 13.0 Å². The molecule has 2 bridgehead atoms. The molecule has 3 fully saturated rings. The van der Waals surface area contributed by atoms with Crippen molar-refractivity contribution in [3.8, 4) is 0 Å². The lowest BCUT2D eigenvalue weighted by Gasteiger charge is -2.37.